The van der Waals surface area contributed by atoms with E-state index in [1.807, 2.05) is 31.2 Å². The highest BCUT2D eigenvalue weighted by Crippen LogP contribution is 2.24. The van der Waals surface area contributed by atoms with Gasteiger partial charge >= 0.3 is 0 Å². The summed E-state index contributed by atoms with van der Waals surface area (Å²) < 4.78 is 32.6. The Morgan fingerprint density at radius 1 is 0.905 bits per heavy atom. The van der Waals surface area contributed by atoms with Gasteiger partial charge in [0.05, 0.1) is 7.11 Å². The van der Waals surface area contributed by atoms with Crippen LogP contribution in [0.5, 0.6) is 5.75 Å². The molecular formula is C17H19F2NO. The number of halogens is 2. The van der Waals surface area contributed by atoms with Crippen molar-refractivity contribution in [3.8, 4) is 5.75 Å². The molecule has 2 rings (SSSR count). The van der Waals surface area contributed by atoms with Crippen LogP contribution < -0.4 is 10.1 Å². The number of ether oxygens (including phenoxy) is 1. The number of nitrogens with one attached hydrogen (secondary N) is 1. The summed E-state index contributed by atoms with van der Waals surface area (Å²) in [5.41, 5.74) is 1.09. The molecule has 2 aromatic rings. The second-order valence-electron chi connectivity index (χ2n) is 5.02. The molecule has 1 N–H and O–H groups in total. The van der Waals surface area contributed by atoms with E-state index in [4.69, 9.17) is 4.74 Å². The van der Waals surface area contributed by atoms with Crippen LogP contribution in [-0.4, -0.2) is 7.11 Å². The zero-order chi connectivity index (χ0) is 15.4. The SMILES string of the molecule is COc1ccc([C@H](C)NC(C)c2c(F)cccc2F)cc1. The van der Waals surface area contributed by atoms with Crippen LogP contribution in [0.3, 0.4) is 0 Å². The number of hydrogen-bond acceptors (Lipinski definition) is 2. The van der Waals surface area contributed by atoms with E-state index in [2.05, 4.69) is 5.32 Å². The topological polar surface area (TPSA) is 21.3 Å². The van der Waals surface area contributed by atoms with Gasteiger partial charge in [-0.05, 0) is 43.7 Å². The Hall–Kier alpha value is -1.94. The van der Waals surface area contributed by atoms with Crippen LogP contribution in [0.2, 0.25) is 0 Å². The molecule has 112 valence electrons. The van der Waals surface area contributed by atoms with Crippen molar-refractivity contribution in [2.45, 2.75) is 25.9 Å². The minimum atomic E-state index is -0.531. The average Bonchev–Trinajstić information content (AvgIpc) is 2.47. The number of rotatable bonds is 5. The summed E-state index contributed by atoms with van der Waals surface area (Å²) in [6, 6.07) is 11.0. The molecule has 0 heterocycles. The summed E-state index contributed by atoms with van der Waals surface area (Å²) in [7, 11) is 1.61. The minimum Gasteiger partial charge on any atom is -0.497 e. The third kappa shape index (κ3) is 3.58. The fourth-order valence-electron chi connectivity index (χ4n) is 2.37. The first-order valence-electron chi connectivity index (χ1n) is 6.87. The molecule has 0 amide bonds. The highest BCUT2D eigenvalue weighted by molar-refractivity contribution is 5.29. The fraction of sp³-hybridized carbons (Fsp3) is 0.294. The van der Waals surface area contributed by atoms with Crippen molar-refractivity contribution >= 4 is 0 Å². The Labute approximate surface area is 123 Å². The van der Waals surface area contributed by atoms with Gasteiger partial charge in [-0.25, -0.2) is 8.78 Å². The van der Waals surface area contributed by atoms with E-state index in [1.165, 1.54) is 18.2 Å². The van der Waals surface area contributed by atoms with E-state index in [0.29, 0.717) is 0 Å². The molecule has 0 aliphatic carbocycles. The fourth-order valence-corrected chi connectivity index (χ4v) is 2.37. The lowest BCUT2D eigenvalue weighted by Crippen LogP contribution is -2.24. The highest BCUT2D eigenvalue weighted by atomic mass is 19.1. The Morgan fingerprint density at radius 3 is 2.00 bits per heavy atom. The van der Waals surface area contributed by atoms with Gasteiger partial charge in [0.25, 0.3) is 0 Å². The van der Waals surface area contributed by atoms with Crippen molar-refractivity contribution in [3.63, 3.8) is 0 Å². The van der Waals surface area contributed by atoms with E-state index in [-0.39, 0.29) is 11.6 Å². The van der Waals surface area contributed by atoms with E-state index < -0.39 is 17.7 Å². The highest BCUT2D eigenvalue weighted by Gasteiger charge is 2.18. The maximum atomic E-state index is 13.8. The van der Waals surface area contributed by atoms with Crippen molar-refractivity contribution in [3.05, 3.63) is 65.2 Å². The summed E-state index contributed by atoms with van der Waals surface area (Å²) in [6.07, 6.45) is 0. The van der Waals surface area contributed by atoms with E-state index in [0.717, 1.165) is 11.3 Å². The summed E-state index contributed by atoms with van der Waals surface area (Å²) in [5.74, 6) is -0.284. The third-order valence-electron chi connectivity index (χ3n) is 3.55. The van der Waals surface area contributed by atoms with Gasteiger partial charge in [-0.1, -0.05) is 18.2 Å². The zero-order valence-corrected chi connectivity index (χ0v) is 12.4. The summed E-state index contributed by atoms with van der Waals surface area (Å²) in [5, 5.41) is 3.21. The second-order valence-corrected chi connectivity index (χ2v) is 5.02. The third-order valence-corrected chi connectivity index (χ3v) is 3.55. The molecule has 0 bridgehead atoms. The van der Waals surface area contributed by atoms with Gasteiger partial charge in [0.2, 0.25) is 0 Å². The molecule has 1 unspecified atom stereocenters. The average molecular weight is 291 g/mol. The smallest absolute Gasteiger partial charge is 0.130 e. The van der Waals surface area contributed by atoms with Crippen LogP contribution in [0.4, 0.5) is 8.78 Å². The molecule has 0 aliphatic heterocycles. The monoisotopic (exact) mass is 291 g/mol. The van der Waals surface area contributed by atoms with Crippen molar-refractivity contribution in [2.24, 2.45) is 0 Å². The largest absolute Gasteiger partial charge is 0.497 e. The van der Waals surface area contributed by atoms with Gasteiger partial charge in [0.15, 0.2) is 0 Å². The minimum absolute atomic E-state index is 0.0371. The molecule has 4 heteroatoms. The van der Waals surface area contributed by atoms with Crippen LogP contribution >= 0.6 is 0 Å². The number of hydrogen-bond donors (Lipinski definition) is 1. The second kappa shape index (κ2) is 6.68. The van der Waals surface area contributed by atoms with Crippen LogP contribution in [0.15, 0.2) is 42.5 Å². The van der Waals surface area contributed by atoms with Gasteiger partial charge in [-0.3, -0.25) is 0 Å². The predicted molar refractivity (Wildman–Crippen MR) is 79.3 cm³/mol. The Morgan fingerprint density at radius 2 is 1.48 bits per heavy atom. The number of benzene rings is 2. The molecule has 21 heavy (non-hydrogen) atoms. The predicted octanol–water partition coefficient (Wildman–Crippen LogP) is 4.39. The van der Waals surface area contributed by atoms with Gasteiger partial charge in [0, 0.05) is 17.6 Å². The Balaban J connectivity index is 2.12. The molecule has 0 saturated heterocycles. The summed E-state index contributed by atoms with van der Waals surface area (Å²) in [6.45, 7) is 3.71. The first kappa shape index (κ1) is 15.4. The van der Waals surface area contributed by atoms with Crippen LogP contribution in [0.25, 0.3) is 0 Å². The van der Waals surface area contributed by atoms with Crippen molar-refractivity contribution in [1.82, 2.24) is 5.32 Å². The molecule has 0 fully saturated rings. The van der Waals surface area contributed by atoms with Crippen LogP contribution in [-0.2, 0) is 0 Å². The van der Waals surface area contributed by atoms with E-state index in [1.54, 1.807) is 14.0 Å². The standard InChI is InChI=1S/C17H19F2NO/c1-11(13-7-9-14(21-3)10-8-13)20-12(2)17-15(18)5-4-6-16(17)19/h4-12,20H,1-3H3/t11-,12?/m0/s1. The number of methoxy groups -OCH3 is 1. The molecule has 0 saturated carbocycles. The molecular weight excluding hydrogens is 272 g/mol. The molecule has 2 aromatic carbocycles. The van der Waals surface area contributed by atoms with Crippen molar-refractivity contribution in [2.75, 3.05) is 7.11 Å². The van der Waals surface area contributed by atoms with E-state index >= 15 is 0 Å². The van der Waals surface area contributed by atoms with Crippen molar-refractivity contribution in [1.29, 1.82) is 0 Å². The first-order chi connectivity index (χ1) is 10.0. The molecule has 0 radical (unpaired) electrons. The lowest BCUT2D eigenvalue weighted by Gasteiger charge is -2.21. The van der Waals surface area contributed by atoms with Crippen LogP contribution in [0, 0.1) is 11.6 Å². The lowest BCUT2D eigenvalue weighted by atomic mass is 10.0. The van der Waals surface area contributed by atoms with E-state index in [9.17, 15) is 8.78 Å². The lowest BCUT2D eigenvalue weighted by molar-refractivity contribution is 0.414. The van der Waals surface area contributed by atoms with Gasteiger partial charge in [-0.15, -0.1) is 0 Å². The van der Waals surface area contributed by atoms with Gasteiger partial charge < -0.3 is 10.1 Å². The van der Waals surface area contributed by atoms with Gasteiger partial charge in [0.1, 0.15) is 17.4 Å². The molecule has 2 atom stereocenters. The Kier molecular flexibility index (Phi) is 4.91. The molecule has 0 aliphatic rings. The molecule has 2 nitrogen and oxygen atoms in total. The molecule has 0 spiro atoms. The Bertz CT molecular complexity index is 578. The van der Waals surface area contributed by atoms with Crippen molar-refractivity contribution < 1.29 is 13.5 Å². The first-order valence-corrected chi connectivity index (χ1v) is 6.87. The normalized spacial score (nSPS) is 13.8. The zero-order valence-electron chi connectivity index (χ0n) is 12.4. The quantitative estimate of drug-likeness (QED) is 0.882. The molecule has 0 aromatic heterocycles. The van der Waals surface area contributed by atoms with Gasteiger partial charge in [-0.2, -0.15) is 0 Å². The maximum Gasteiger partial charge on any atom is 0.130 e. The van der Waals surface area contributed by atoms with Crippen LogP contribution in [0.1, 0.15) is 37.1 Å². The summed E-state index contributed by atoms with van der Waals surface area (Å²) in [4.78, 5) is 0. The maximum absolute atomic E-state index is 13.8. The summed E-state index contributed by atoms with van der Waals surface area (Å²) >= 11 is 0.